The minimum atomic E-state index is 0.220. The van der Waals surface area contributed by atoms with Crippen molar-refractivity contribution < 1.29 is 4.79 Å². The third-order valence-corrected chi connectivity index (χ3v) is 3.43. The predicted octanol–water partition coefficient (Wildman–Crippen LogP) is 1.91. The van der Waals surface area contributed by atoms with Crippen molar-refractivity contribution in [1.29, 1.82) is 0 Å². The summed E-state index contributed by atoms with van der Waals surface area (Å²) in [6.07, 6.45) is 3.56. The Balaban J connectivity index is 2.14. The molecule has 0 bridgehead atoms. The van der Waals surface area contributed by atoms with Gasteiger partial charge in [-0.05, 0) is 36.4 Å². The lowest BCUT2D eigenvalue weighted by Crippen LogP contribution is -2.29. The maximum absolute atomic E-state index is 11.9. The molecule has 86 valence electrons. The number of rotatable bonds is 3. The second-order valence-corrected chi connectivity index (χ2v) is 4.91. The van der Waals surface area contributed by atoms with Gasteiger partial charge in [-0.3, -0.25) is 4.79 Å². The highest BCUT2D eigenvalue weighted by Crippen LogP contribution is 2.30. The number of nitrogen functional groups attached to an aromatic ring is 1. The molecule has 0 aliphatic carbocycles. The summed E-state index contributed by atoms with van der Waals surface area (Å²) in [5.74, 6) is 1.11. The molecule has 0 saturated carbocycles. The fourth-order valence-electron chi connectivity index (χ4n) is 2.01. The average Bonchev–Trinajstić information content (AvgIpc) is 2.68. The van der Waals surface area contributed by atoms with E-state index in [1.807, 2.05) is 29.4 Å². The molecule has 16 heavy (non-hydrogen) atoms. The summed E-state index contributed by atoms with van der Waals surface area (Å²) in [6, 6.07) is 5.78. The number of thioether (sulfide) groups is 1. The first-order valence-electron chi connectivity index (χ1n) is 5.40. The van der Waals surface area contributed by atoms with Gasteiger partial charge >= 0.3 is 0 Å². The molecule has 4 heteroatoms. The van der Waals surface area contributed by atoms with Crippen LogP contribution in [0.2, 0.25) is 0 Å². The molecule has 0 aromatic heterocycles. The Kier molecular flexibility index (Phi) is 3.39. The van der Waals surface area contributed by atoms with Gasteiger partial charge in [0.15, 0.2) is 0 Å². The zero-order valence-corrected chi connectivity index (χ0v) is 10.2. The summed E-state index contributed by atoms with van der Waals surface area (Å²) >= 11 is 1.70. The van der Waals surface area contributed by atoms with Crippen molar-refractivity contribution in [3.63, 3.8) is 0 Å². The Morgan fingerprint density at radius 1 is 1.56 bits per heavy atom. The van der Waals surface area contributed by atoms with E-state index in [1.54, 1.807) is 11.8 Å². The summed E-state index contributed by atoms with van der Waals surface area (Å²) in [5, 5.41) is 0. The maximum Gasteiger partial charge on any atom is 0.227 e. The molecule has 1 heterocycles. The molecular weight excluding hydrogens is 220 g/mol. The Labute approximate surface area is 100.0 Å². The molecule has 1 aliphatic heterocycles. The van der Waals surface area contributed by atoms with Crippen LogP contribution in [0.15, 0.2) is 18.2 Å². The molecule has 1 aromatic rings. The molecule has 2 rings (SSSR count). The van der Waals surface area contributed by atoms with Crippen molar-refractivity contribution in [3.8, 4) is 0 Å². The first kappa shape index (κ1) is 11.3. The standard InChI is InChI=1S/C12H16N2OS/c1-16-7-5-12(15)14-6-4-9-8-10(13)2-3-11(9)14/h2-3,8H,4-7,13H2,1H3. The molecule has 1 amide bonds. The molecule has 0 unspecified atom stereocenters. The number of hydrogen-bond donors (Lipinski definition) is 1. The highest BCUT2D eigenvalue weighted by atomic mass is 32.2. The minimum absolute atomic E-state index is 0.220. The molecule has 0 atom stereocenters. The molecule has 1 aromatic carbocycles. The Bertz CT molecular complexity index is 406. The smallest absolute Gasteiger partial charge is 0.227 e. The molecule has 3 nitrogen and oxygen atoms in total. The van der Waals surface area contributed by atoms with Gasteiger partial charge in [-0.25, -0.2) is 0 Å². The number of fused-ring (bicyclic) bond motifs is 1. The second kappa shape index (κ2) is 4.78. The summed E-state index contributed by atoms with van der Waals surface area (Å²) in [7, 11) is 0. The molecule has 0 saturated heterocycles. The van der Waals surface area contributed by atoms with Crippen molar-refractivity contribution in [2.75, 3.05) is 29.2 Å². The fourth-order valence-corrected chi connectivity index (χ4v) is 2.38. The second-order valence-electron chi connectivity index (χ2n) is 3.93. The van der Waals surface area contributed by atoms with Crippen molar-refractivity contribution in [2.24, 2.45) is 0 Å². The van der Waals surface area contributed by atoms with Gasteiger partial charge in [0.1, 0.15) is 0 Å². The number of hydrogen-bond acceptors (Lipinski definition) is 3. The SMILES string of the molecule is CSCCC(=O)N1CCc2cc(N)ccc21. The van der Waals surface area contributed by atoms with Gasteiger partial charge in [-0.1, -0.05) is 0 Å². The van der Waals surface area contributed by atoms with Crippen LogP contribution in [0.4, 0.5) is 11.4 Å². The summed E-state index contributed by atoms with van der Waals surface area (Å²) in [5.41, 5.74) is 8.74. The largest absolute Gasteiger partial charge is 0.399 e. The maximum atomic E-state index is 11.9. The molecule has 0 fully saturated rings. The van der Waals surface area contributed by atoms with Crippen LogP contribution in [-0.4, -0.2) is 24.5 Å². The van der Waals surface area contributed by atoms with Crippen LogP contribution in [-0.2, 0) is 11.2 Å². The number of benzene rings is 1. The van der Waals surface area contributed by atoms with E-state index in [9.17, 15) is 4.79 Å². The molecular formula is C12H16N2OS. The van der Waals surface area contributed by atoms with Gasteiger partial charge in [-0.15, -0.1) is 0 Å². The van der Waals surface area contributed by atoms with Gasteiger partial charge in [-0.2, -0.15) is 11.8 Å². The number of carbonyl (C=O) groups excluding carboxylic acids is 1. The summed E-state index contributed by atoms with van der Waals surface area (Å²) < 4.78 is 0. The lowest BCUT2D eigenvalue weighted by Gasteiger charge is -2.17. The quantitative estimate of drug-likeness (QED) is 0.815. The van der Waals surface area contributed by atoms with Crippen molar-refractivity contribution >= 4 is 29.0 Å². The lowest BCUT2D eigenvalue weighted by atomic mass is 10.1. The van der Waals surface area contributed by atoms with E-state index in [0.717, 1.165) is 30.1 Å². The topological polar surface area (TPSA) is 46.3 Å². The molecule has 2 N–H and O–H groups in total. The minimum Gasteiger partial charge on any atom is -0.399 e. The number of nitrogens with zero attached hydrogens (tertiary/aromatic N) is 1. The van der Waals surface area contributed by atoms with Crippen molar-refractivity contribution in [2.45, 2.75) is 12.8 Å². The third-order valence-electron chi connectivity index (χ3n) is 2.82. The molecule has 0 spiro atoms. The van der Waals surface area contributed by atoms with Crippen LogP contribution in [0.25, 0.3) is 0 Å². The number of carbonyl (C=O) groups is 1. The third kappa shape index (κ3) is 2.16. The Morgan fingerprint density at radius 3 is 3.12 bits per heavy atom. The lowest BCUT2D eigenvalue weighted by molar-refractivity contribution is -0.118. The van der Waals surface area contributed by atoms with Crippen LogP contribution in [0.1, 0.15) is 12.0 Å². The van der Waals surface area contributed by atoms with E-state index in [1.165, 1.54) is 5.56 Å². The zero-order chi connectivity index (χ0) is 11.5. The predicted molar refractivity (Wildman–Crippen MR) is 69.9 cm³/mol. The van der Waals surface area contributed by atoms with E-state index in [-0.39, 0.29) is 5.91 Å². The molecule has 0 radical (unpaired) electrons. The number of anilines is 2. The van der Waals surface area contributed by atoms with Crippen LogP contribution in [0.3, 0.4) is 0 Å². The number of nitrogens with two attached hydrogens (primary N) is 1. The van der Waals surface area contributed by atoms with Gasteiger partial charge in [0, 0.05) is 30.1 Å². The van der Waals surface area contributed by atoms with Crippen molar-refractivity contribution in [3.05, 3.63) is 23.8 Å². The van der Waals surface area contributed by atoms with Crippen LogP contribution in [0.5, 0.6) is 0 Å². The van der Waals surface area contributed by atoms with Gasteiger partial charge in [0.05, 0.1) is 0 Å². The van der Waals surface area contributed by atoms with E-state index in [0.29, 0.717) is 6.42 Å². The summed E-state index contributed by atoms with van der Waals surface area (Å²) in [4.78, 5) is 13.8. The summed E-state index contributed by atoms with van der Waals surface area (Å²) in [6.45, 7) is 0.798. The van der Waals surface area contributed by atoms with Crippen LogP contribution < -0.4 is 10.6 Å². The van der Waals surface area contributed by atoms with Gasteiger partial charge < -0.3 is 10.6 Å². The van der Waals surface area contributed by atoms with E-state index >= 15 is 0 Å². The van der Waals surface area contributed by atoms with Gasteiger partial charge in [0.25, 0.3) is 0 Å². The highest BCUT2D eigenvalue weighted by Gasteiger charge is 2.23. The van der Waals surface area contributed by atoms with E-state index < -0.39 is 0 Å². The number of amides is 1. The van der Waals surface area contributed by atoms with Crippen LogP contribution in [0, 0.1) is 0 Å². The highest BCUT2D eigenvalue weighted by molar-refractivity contribution is 7.98. The van der Waals surface area contributed by atoms with E-state index in [2.05, 4.69) is 0 Å². The first-order chi connectivity index (χ1) is 7.72. The Hall–Kier alpha value is -1.16. The average molecular weight is 236 g/mol. The monoisotopic (exact) mass is 236 g/mol. The van der Waals surface area contributed by atoms with E-state index in [4.69, 9.17) is 5.73 Å². The fraction of sp³-hybridized carbons (Fsp3) is 0.417. The van der Waals surface area contributed by atoms with Gasteiger partial charge in [0.2, 0.25) is 5.91 Å². The normalized spacial score (nSPS) is 13.9. The molecule has 1 aliphatic rings. The first-order valence-corrected chi connectivity index (χ1v) is 6.79. The zero-order valence-electron chi connectivity index (χ0n) is 9.40. The Morgan fingerprint density at radius 2 is 2.38 bits per heavy atom. The van der Waals surface area contributed by atoms with Crippen LogP contribution >= 0.6 is 11.8 Å². The van der Waals surface area contributed by atoms with Crippen molar-refractivity contribution in [1.82, 2.24) is 0 Å².